The first kappa shape index (κ1) is 22.5. The minimum absolute atomic E-state index is 0.177. The smallest absolute Gasteiger partial charge is 0.252 e. The van der Waals surface area contributed by atoms with E-state index in [0.29, 0.717) is 36.3 Å². The zero-order chi connectivity index (χ0) is 23.0. The molecule has 1 aliphatic rings. The van der Waals surface area contributed by atoms with E-state index in [1.807, 2.05) is 37.3 Å². The summed E-state index contributed by atoms with van der Waals surface area (Å²) in [4.78, 5) is 25.6. The molecular formula is C25H30N6O2. The lowest BCUT2D eigenvalue weighted by molar-refractivity contribution is 0.0954. The number of ether oxygens (including phenoxy) is 1. The third-order valence-electron chi connectivity index (χ3n) is 5.46. The minimum Gasteiger partial charge on any atom is -0.474 e. The molecule has 33 heavy (non-hydrogen) atoms. The highest BCUT2D eigenvalue weighted by atomic mass is 16.5. The normalized spacial score (nSPS) is 13.5. The quantitative estimate of drug-likeness (QED) is 0.419. The Morgan fingerprint density at radius 3 is 2.55 bits per heavy atom. The summed E-state index contributed by atoms with van der Waals surface area (Å²) in [5, 5.41) is 9.34. The molecule has 0 atom stereocenters. The molecule has 3 aromatic rings. The van der Waals surface area contributed by atoms with Crippen LogP contribution in [0.25, 0.3) is 0 Å². The molecule has 8 nitrogen and oxygen atoms in total. The zero-order valence-electron chi connectivity index (χ0n) is 19.1. The van der Waals surface area contributed by atoms with Gasteiger partial charge in [-0.1, -0.05) is 17.7 Å². The standard InChI is InChI=1S/C25H30N6O2/c1-17-7-10-20(11-8-17)30-22-15-18(2)29-25(31-22)27-14-13-26-24(32)19-9-12-23(28-16-19)33-21-5-3-4-6-21/h7-12,15-16,21H,3-6,13-14H2,1-2H3,(H,26,32)(H2,27,29,30,31). The molecule has 0 spiro atoms. The Morgan fingerprint density at radius 1 is 1.03 bits per heavy atom. The highest BCUT2D eigenvalue weighted by Crippen LogP contribution is 2.23. The van der Waals surface area contributed by atoms with Gasteiger partial charge in [0.25, 0.3) is 5.91 Å². The van der Waals surface area contributed by atoms with Gasteiger partial charge in [-0.2, -0.15) is 4.98 Å². The Hall–Kier alpha value is -3.68. The highest BCUT2D eigenvalue weighted by Gasteiger charge is 2.17. The Morgan fingerprint density at radius 2 is 1.82 bits per heavy atom. The predicted octanol–water partition coefficient (Wildman–Crippen LogP) is 4.40. The van der Waals surface area contributed by atoms with Gasteiger partial charge in [0, 0.05) is 42.8 Å². The number of nitrogens with zero attached hydrogens (tertiary/aromatic N) is 3. The largest absolute Gasteiger partial charge is 0.474 e. The van der Waals surface area contributed by atoms with Crippen molar-refractivity contribution < 1.29 is 9.53 Å². The van der Waals surface area contributed by atoms with Crippen molar-refractivity contribution in [2.24, 2.45) is 0 Å². The number of hydrogen-bond donors (Lipinski definition) is 3. The van der Waals surface area contributed by atoms with Crippen molar-refractivity contribution in [3.63, 3.8) is 0 Å². The summed E-state index contributed by atoms with van der Waals surface area (Å²) in [6.07, 6.45) is 6.37. The van der Waals surface area contributed by atoms with Crippen molar-refractivity contribution in [3.05, 3.63) is 65.5 Å². The predicted molar refractivity (Wildman–Crippen MR) is 129 cm³/mol. The van der Waals surface area contributed by atoms with Crippen LogP contribution in [0.3, 0.4) is 0 Å². The molecule has 3 N–H and O–H groups in total. The second kappa shape index (κ2) is 10.8. The molecule has 1 aromatic carbocycles. The molecule has 0 unspecified atom stereocenters. The van der Waals surface area contributed by atoms with Crippen molar-refractivity contribution >= 4 is 23.4 Å². The minimum atomic E-state index is -0.177. The maximum atomic E-state index is 12.4. The molecule has 2 heterocycles. The van der Waals surface area contributed by atoms with E-state index in [1.165, 1.54) is 18.4 Å². The van der Waals surface area contributed by atoms with Gasteiger partial charge in [-0.15, -0.1) is 0 Å². The number of hydrogen-bond acceptors (Lipinski definition) is 7. The zero-order valence-corrected chi connectivity index (χ0v) is 19.1. The topological polar surface area (TPSA) is 101 Å². The summed E-state index contributed by atoms with van der Waals surface area (Å²) in [6.45, 7) is 4.89. The molecule has 0 bridgehead atoms. The fourth-order valence-electron chi connectivity index (χ4n) is 3.71. The Balaban J connectivity index is 1.24. The van der Waals surface area contributed by atoms with Crippen LogP contribution in [0.1, 0.15) is 47.3 Å². The summed E-state index contributed by atoms with van der Waals surface area (Å²) in [6, 6.07) is 13.5. The number of amides is 1. The van der Waals surface area contributed by atoms with Gasteiger partial charge in [0.05, 0.1) is 5.56 Å². The van der Waals surface area contributed by atoms with Gasteiger partial charge in [0.15, 0.2) is 0 Å². The molecule has 1 amide bonds. The number of carbonyl (C=O) groups is 1. The Bertz CT molecular complexity index is 1060. The van der Waals surface area contributed by atoms with Crippen LogP contribution in [0.15, 0.2) is 48.7 Å². The van der Waals surface area contributed by atoms with Gasteiger partial charge >= 0.3 is 0 Å². The second-order valence-electron chi connectivity index (χ2n) is 8.30. The van der Waals surface area contributed by atoms with Gasteiger partial charge in [0.2, 0.25) is 11.8 Å². The molecule has 2 aromatic heterocycles. The number of rotatable bonds is 9. The van der Waals surface area contributed by atoms with Crippen LogP contribution in [0.5, 0.6) is 5.88 Å². The summed E-state index contributed by atoms with van der Waals surface area (Å²) in [5.41, 5.74) is 3.51. The molecular weight excluding hydrogens is 416 g/mol. The van der Waals surface area contributed by atoms with E-state index in [4.69, 9.17) is 4.74 Å². The number of anilines is 3. The van der Waals surface area contributed by atoms with Crippen LogP contribution < -0.4 is 20.7 Å². The molecule has 8 heteroatoms. The third-order valence-corrected chi connectivity index (χ3v) is 5.46. The second-order valence-corrected chi connectivity index (χ2v) is 8.30. The third kappa shape index (κ3) is 6.65. The molecule has 0 aliphatic heterocycles. The lowest BCUT2D eigenvalue weighted by Crippen LogP contribution is -2.29. The monoisotopic (exact) mass is 446 g/mol. The van der Waals surface area contributed by atoms with Crippen molar-refractivity contribution in [3.8, 4) is 5.88 Å². The van der Waals surface area contributed by atoms with E-state index in [-0.39, 0.29) is 12.0 Å². The van der Waals surface area contributed by atoms with Gasteiger partial charge in [-0.25, -0.2) is 9.97 Å². The van der Waals surface area contributed by atoms with E-state index < -0.39 is 0 Å². The van der Waals surface area contributed by atoms with Gasteiger partial charge in [-0.05, 0) is 57.7 Å². The lowest BCUT2D eigenvalue weighted by Gasteiger charge is -2.12. The number of carbonyl (C=O) groups excluding carboxylic acids is 1. The average Bonchev–Trinajstić information content (AvgIpc) is 3.31. The first-order valence-electron chi connectivity index (χ1n) is 11.4. The fourth-order valence-corrected chi connectivity index (χ4v) is 3.71. The number of aromatic nitrogens is 3. The maximum Gasteiger partial charge on any atom is 0.252 e. The van der Waals surface area contributed by atoms with Crippen LogP contribution >= 0.6 is 0 Å². The summed E-state index contributed by atoms with van der Waals surface area (Å²) in [5.74, 6) is 1.62. The highest BCUT2D eigenvalue weighted by molar-refractivity contribution is 5.93. The first-order valence-corrected chi connectivity index (χ1v) is 11.4. The van der Waals surface area contributed by atoms with Crippen molar-refractivity contribution in [2.75, 3.05) is 23.7 Å². The SMILES string of the molecule is Cc1ccc(Nc2cc(C)nc(NCCNC(=O)c3ccc(OC4CCCC4)nc3)n2)cc1. The Kier molecular flexibility index (Phi) is 7.34. The molecule has 1 saturated carbocycles. The van der Waals surface area contributed by atoms with Crippen LogP contribution in [-0.2, 0) is 0 Å². The Labute approximate surface area is 194 Å². The number of benzene rings is 1. The average molecular weight is 447 g/mol. The molecule has 0 saturated heterocycles. The van der Waals surface area contributed by atoms with Gasteiger partial charge in [-0.3, -0.25) is 4.79 Å². The van der Waals surface area contributed by atoms with Gasteiger partial charge in [0.1, 0.15) is 11.9 Å². The number of pyridine rings is 1. The van der Waals surface area contributed by atoms with E-state index in [9.17, 15) is 4.79 Å². The summed E-state index contributed by atoms with van der Waals surface area (Å²) in [7, 11) is 0. The van der Waals surface area contributed by atoms with E-state index >= 15 is 0 Å². The maximum absolute atomic E-state index is 12.4. The van der Waals surface area contributed by atoms with Crippen molar-refractivity contribution in [1.82, 2.24) is 20.3 Å². The van der Waals surface area contributed by atoms with Gasteiger partial charge < -0.3 is 20.7 Å². The fraction of sp³-hybridized carbons (Fsp3) is 0.360. The number of nitrogens with one attached hydrogen (secondary N) is 3. The summed E-state index contributed by atoms with van der Waals surface area (Å²) < 4.78 is 5.85. The molecule has 172 valence electrons. The first-order chi connectivity index (χ1) is 16.0. The molecule has 4 rings (SSSR count). The lowest BCUT2D eigenvalue weighted by atomic mass is 10.2. The van der Waals surface area contributed by atoms with E-state index in [0.717, 1.165) is 24.2 Å². The van der Waals surface area contributed by atoms with Crippen LogP contribution in [-0.4, -0.2) is 40.1 Å². The number of aryl methyl sites for hydroxylation is 2. The van der Waals surface area contributed by atoms with Crippen molar-refractivity contribution in [2.45, 2.75) is 45.6 Å². The van der Waals surface area contributed by atoms with Crippen LogP contribution in [0, 0.1) is 13.8 Å². The summed E-state index contributed by atoms with van der Waals surface area (Å²) >= 11 is 0. The van der Waals surface area contributed by atoms with Crippen LogP contribution in [0.4, 0.5) is 17.5 Å². The molecule has 0 radical (unpaired) electrons. The van der Waals surface area contributed by atoms with Crippen molar-refractivity contribution in [1.29, 1.82) is 0 Å². The molecule has 1 aliphatic carbocycles. The molecule has 1 fully saturated rings. The van der Waals surface area contributed by atoms with Crippen LogP contribution in [0.2, 0.25) is 0 Å². The van der Waals surface area contributed by atoms with E-state index in [1.54, 1.807) is 18.3 Å². The van der Waals surface area contributed by atoms with E-state index in [2.05, 4.69) is 37.8 Å².